The second-order valence-corrected chi connectivity index (χ2v) is 4.97. The van der Waals surface area contributed by atoms with E-state index in [9.17, 15) is 4.79 Å². The van der Waals surface area contributed by atoms with E-state index in [-0.39, 0.29) is 11.9 Å². The molecule has 17 heavy (non-hydrogen) atoms. The van der Waals surface area contributed by atoms with Gasteiger partial charge in [-0.2, -0.15) is 0 Å². The van der Waals surface area contributed by atoms with Crippen molar-refractivity contribution >= 4 is 17.4 Å². The average Bonchev–Trinajstić information content (AvgIpc) is 2.82. The highest BCUT2D eigenvalue weighted by atomic mass is 35.5. The smallest absolute Gasteiger partial charge is 0.162 e. The number of carbonyl (C=O) groups is 1. The molecule has 1 fully saturated rings. The molecule has 1 aliphatic rings. The minimum atomic E-state index is 0.181. The highest BCUT2D eigenvalue weighted by Crippen LogP contribution is 2.20. The quantitative estimate of drug-likeness (QED) is 0.762. The molecule has 1 heterocycles. The Morgan fingerprint density at radius 1 is 1.53 bits per heavy atom. The molecular formula is C14H17ClO2. The molecule has 1 aromatic rings. The molecule has 2 nitrogen and oxygen atoms in total. The summed E-state index contributed by atoms with van der Waals surface area (Å²) in [6.45, 7) is 2.76. The minimum Gasteiger partial charge on any atom is -0.378 e. The molecule has 1 aromatic carbocycles. The van der Waals surface area contributed by atoms with E-state index in [2.05, 4.69) is 0 Å². The van der Waals surface area contributed by atoms with Gasteiger partial charge in [0.15, 0.2) is 5.78 Å². The first kappa shape index (κ1) is 12.6. The second kappa shape index (κ2) is 5.65. The maximum absolute atomic E-state index is 12.0. The van der Waals surface area contributed by atoms with Crippen molar-refractivity contribution in [3.8, 4) is 0 Å². The monoisotopic (exact) mass is 252 g/mol. The normalized spacial score (nSPS) is 19.5. The van der Waals surface area contributed by atoms with E-state index >= 15 is 0 Å². The Labute approximate surface area is 107 Å². The Balaban J connectivity index is 1.92. The van der Waals surface area contributed by atoms with Crippen LogP contribution >= 0.6 is 11.6 Å². The number of carbonyl (C=O) groups excluding carboxylic acids is 1. The zero-order chi connectivity index (χ0) is 12.3. The molecule has 1 unspecified atom stereocenters. The third-order valence-corrected chi connectivity index (χ3v) is 3.62. The zero-order valence-electron chi connectivity index (χ0n) is 10.0. The summed E-state index contributed by atoms with van der Waals surface area (Å²) in [6, 6.07) is 5.45. The SMILES string of the molecule is Cc1cc(C(=O)CCC2CCCO2)ccc1Cl. The van der Waals surface area contributed by atoms with Gasteiger partial charge in [-0.15, -0.1) is 0 Å². The molecule has 0 N–H and O–H groups in total. The number of benzene rings is 1. The van der Waals surface area contributed by atoms with Gasteiger partial charge in [0.05, 0.1) is 6.10 Å². The highest BCUT2D eigenvalue weighted by molar-refractivity contribution is 6.31. The number of hydrogen-bond donors (Lipinski definition) is 0. The van der Waals surface area contributed by atoms with Crippen LogP contribution in [0.1, 0.15) is 41.6 Å². The molecule has 0 saturated carbocycles. The van der Waals surface area contributed by atoms with Crippen LogP contribution in [0.15, 0.2) is 18.2 Å². The largest absolute Gasteiger partial charge is 0.378 e. The summed E-state index contributed by atoms with van der Waals surface area (Å²) >= 11 is 5.93. The molecule has 3 heteroatoms. The second-order valence-electron chi connectivity index (χ2n) is 4.56. The predicted octanol–water partition coefficient (Wildman–Crippen LogP) is 3.79. The van der Waals surface area contributed by atoms with Gasteiger partial charge in [-0.3, -0.25) is 4.79 Å². The van der Waals surface area contributed by atoms with Crippen LogP contribution in [0.25, 0.3) is 0 Å². The number of ether oxygens (including phenoxy) is 1. The van der Waals surface area contributed by atoms with E-state index in [0.717, 1.165) is 37.0 Å². The van der Waals surface area contributed by atoms with Gasteiger partial charge in [-0.05, 0) is 49.9 Å². The minimum absolute atomic E-state index is 0.181. The lowest BCUT2D eigenvalue weighted by Crippen LogP contribution is -2.09. The van der Waals surface area contributed by atoms with Crippen LogP contribution in [-0.2, 0) is 4.74 Å². The molecule has 0 aliphatic carbocycles. The lowest BCUT2D eigenvalue weighted by molar-refractivity contribution is 0.0859. The lowest BCUT2D eigenvalue weighted by atomic mass is 10.0. The van der Waals surface area contributed by atoms with Crippen LogP contribution in [0.5, 0.6) is 0 Å². The third kappa shape index (κ3) is 3.30. The van der Waals surface area contributed by atoms with Gasteiger partial charge in [0.2, 0.25) is 0 Å². The van der Waals surface area contributed by atoms with Crippen molar-refractivity contribution in [2.45, 2.75) is 38.7 Å². The Kier molecular flexibility index (Phi) is 4.19. The Hall–Kier alpha value is -0.860. The van der Waals surface area contributed by atoms with Gasteiger partial charge in [-0.1, -0.05) is 11.6 Å². The van der Waals surface area contributed by atoms with Crippen LogP contribution in [0.4, 0.5) is 0 Å². The van der Waals surface area contributed by atoms with Crippen LogP contribution in [0, 0.1) is 6.92 Å². The summed E-state index contributed by atoms with van der Waals surface area (Å²) < 4.78 is 5.51. The van der Waals surface area contributed by atoms with E-state index < -0.39 is 0 Å². The van der Waals surface area contributed by atoms with Crippen LogP contribution in [0.2, 0.25) is 5.02 Å². The van der Waals surface area contributed by atoms with Gasteiger partial charge in [0, 0.05) is 23.6 Å². The van der Waals surface area contributed by atoms with Crippen molar-refractivity contribution in [2.24, 2.45) is 0 Å². The van der Waals surface area contributed by atoms with Crippen molar-refractivity contribution in [3.05, 3.63) is 34.3 Å². The topological polar surface area (TPSA) is 26.3 Å². The first-order chi connectivity index (χ1) is 8.16. The fraction of sp³-hybridized carbons (Fsp3) is 0.500. The van der Waals surface area contributed by atoms with Gasteiger partial charge >= 0.3 is 0 Å². The fourth-order valence-corrected chi connectivity index (χ4v) is 2.24. The van der Waals surface area contributed by atoms with E-state index in [0.29, 0.717) is 11.4 Å². The molecular weight excluding hydrogens is 236 g/mol. The summed E-state index contributed by atoms with van der Waals surface area (Å²) in [6.07, 6.45) is 3.89. The fourth-order valence-electron chi connectivity index (χ4n) is 2.13. The average molecular weight is 253 g/mol. The lowest BCUT2D eigenvalue weighted by Gasteiger charge is -2.08. The van der Waals surface area contributed by atoms with Crippen LogP contribution in [-0.4, -0.2) is 18.5 Å². The number of hydrogen-bond acceptors (Lipinski definition) is 2. The predicted molar refractivity (Wildman–Crippen MR) is 68.7 cm³/mol. The van der Waals surface area contributed by atoms with Gasteiger partial charge in [0.1, 0.15) is 0 Å². The van der Waals surface area contributed by atoms with Gasteiger partial charge in [0.25, 0.3) is 0 Å². The maximum Gasteiger partial charge on any atom is 0.162 e. The number of rotatable bonds is 4. The van der Waals surface area contributed by atoms with Crippen LogP contribution < -0.4 is 0 Å². The molecule has 0 bridgehead atoms. The number of halogens is 1. The summed E-state index contributed by atoms with van der Waals surface area (Å²) in [7, 11) is 0. The van der Waals surface area contributed by atoms with Crippen molar-refractivity contribution < 1.29 is 9.53 Å². The highest BCUT2D eigenvalue weighted by Gasteiger charge is 2.17. The summed E-state index contributed by atoms with van der Waals surface area (Å²) in [4.78, 5) is 12.0. The van der Waals surface area contributed by atoms with Crippen molar-refractivity contribution in [2.75, 3.05) is 6.61 Å². The van der Waals surface area contributed by atoms with Gasteiger partial charge < -0.3 is 4.74 Å². The van der Waals surface area contributed by atoms with E-state index in [1.165, 1.54) is 0 Å². The van der Waals surface area contributed by atoms with Crippen LogP contribution in [0.3, 0.4) is 0 Å². The van der Waals surface area contributed by atoms with E-state index in [1.807, 2.05) is 13.0 Å². The molecule has 1 saturated heterocycles. The molecule has 92 valence electrons. The molecule has 1 atom stereocenters. The molecule has 0 amide bonds. The van der Waals surface area contributed by atoms with Crippen molar-refractivity contribution in [3.63, 3.8) is 0 Å². The number of aryl methyl sites for hydroxylation is 1. The molecule has 0 radical (unpaired) electrons. The standard InChI is InChI=1S/C14H17ClO2/c1-10-9-11(4-6-13(10)15)14(16)7-5-12-3-2-8-17-12/h4,6,9,12H,2-3,5,7-8H2,1H3. The molecule has 0 aromatic heterocycles. The summed E-state index contributed by atoms with van der Waals surface area (Å²) in [5.74, 6) is 0.181. The first-order valence-electron chi connectivity index (χ1n) is 6.08. The molecule has 1 aliphatic heterocycles. The van der Waals surface area contributed by atoms with E-state index in [1.54, 1.807) is 12.1 Å². The third-order valence-electron chi connectivity index (χ3n) is 3.20. The van der Waals surface area contributed by atoms with Gasteiger partial charge in [-0.25, -0.2) is 0 Å². The maximum atomic E-state index is 12.0. The Bertz CT molecular complexity index is 409. The molecule has 2 rings (SSSR count). The number of ketones is 1. The first-order valence-corrected chi connectivity index (χ1v) is 6.45. The zero-order valence-corrected chi connectivity index (χ0v) is 10.8. The van der Waals surface area contributed by atoms with E-state index in [4.69, 9.17) is 16.3 Å². The van der Waals surface area contributed by atoms with Crippen molar-refractivity contribution in [1.29, 1.82) is 0 Å². The Morgan fingerprint density at radius 3 is 3.00 bits per heavy atom. The van der Waals surface area contributed by atoms with Crippen molar-refractivity contribution in [1.82, 2.24) is 0 Å². The Morgan fingerprint density at radius 2 is 2.35 bits per heavy atom. The molecule has 0 spiro atoms. The summed E-state index contributed by atoms with van der Waals surface area (Å²) in [5, 5.41) is 0.709. The summed E-state index contributed by atoms with van der Waals surface area (Å²) in [5.41, 5.74) is 1.71. The number of Topliss-reactive ketones (excluding diaryl/α,β-unsaturated/α-hetero) is 1.